The monoisotopic (exact) mass is 307 g/mol. The molecule has 0 saturated carbocycles. The molecule has 0 saturated heterocycles. The van der Waals surface area contributed by atoms with Gasteiger partial charge in [-0.3, -0.25) is 4.79 Å². The molecule has 4 heteroatoms. The van der Waals surface area contributed by atoms with Crippen LogP contribution >= 0.6 is 0 Å². The quantitative estimate of drug-likeness (QED) is 0.788. The zero-order valence-electron chi connectivity index (χ0n) is 13.7. The third-order valence-corrected chi connectivity index (χ3v) is 3.91. The van der Waals surface area contributed by atoms with Crippen molar-refractivity contribution < 1.29 is 4.79 Å². The molecule has 0 aliphatic heterocycles. The highest BCUT2D eigenvalue weighted by Gasteiger charge is 2.20. The molecule has 118 valence electrons. The van der Waals surface area contributed by atoms with Crippen molar-refractivity contribution in [2.24, 2.45) is 0 Å². The Morgan fingerprint density at radius 2 is 1.65 bits per heavy atom. The zero-order chi connectivity index (χ0) is 16.4. The summed E-state index contributed by atoms with van der Waals surface area (Å²) in [6.45, 7) is 6.23. The zero-order valence-corrected chi connectivity index (χ0v) is 13.7. The first kappa shape index (κ1) is 15.3. The lowest BCUT2D eigenvalue weighted by Gasteiger charge is -2.18. The van der Waals surface area contributed by atoms with Crippen LogP contribution in [0.4, 0.5) is 0 Å². The van der Waals surface area contributed by atoms with Crippen molar-refractivity contribution >= 4 is 16.9 Å². The summed E-state index contributed by atoms with van der Waals surface area (Å²) >= 11 is 0. The SMILES string of the molecule is CC(C)n1c([C@@H](C)NC(=O)c2ccccc2)nc2ccccc21. The highest BCUT2D eigenvalue weighted by molar-refractivity contribution is 5.94. The number of benzene rings is 2. The van der Waals surface area contributed by atoms with E-state index in [1.165, 1.54) is 0 Å². The van der Waals surface area contributed by atoms with Gasteiger partial charge in [0.15, 0.2) is 0 Å². The van der Waals surface area contributed by atoms with Crippen LogP contribution in [0, 0.1) is 0 Å². The Morgan fingerprint density at radius 1 is 1.00 bits per heavy atom. The predicted octanol–water partition coefficient (Wildman–Crippen LogP) is 4.11. The van der Waals surface area contributed by atoms with Gasteiger partial charge in [0, 0.05) is 11.6 Å². The van der Waals surface area contributed by atoms with Crippen molar-refractivity contribution in [2.75, 3.05) is 0 Å². The standard InChI is InChI=1S/C19H21N3O/c1-13(2)22-17-12-8-7-11-16(17)21-18(22)14(3)20-19(23)15-9-5-4-6-10-15/h4-14H,1-3H3,(H,20,23)/t14-/m1/s1. The first-order chi connectivity index (χ1) is 11.1. The van der Waals surface area contributed by atoms with Crippen molar-refractivity contribution in [3.05, 3.63) is 66.0 Å². The van der Waals surface area contributed by atoms with Crippen molar-refractivity contribution in [2.45, 2.75) is 32.9 Å². The number of fused-ring (bicyclic) bond motifs is 1. The van der Waals surface area contributed by atoms with Crippen LogP contribution in [0.1, 0.15) is 49.0 Å². The Labute approximate surface area is 136 Å². The van der Waals surface area contributed by atoms with Crippen LogP contribution in [-0.2, 0) is 0 Å². The van der Waals surface area contributed by atoms with Gasteiger partial charge in [-0.05, 0) is 45.0 Å². The lowest BCUT2D eigenvalue weighted by molar-refractivity contribution is 0.0937. The normalized spacial score (nSPS) is 12.5. The summed E-state index contributed by atoms with van der Waals surface area (Å²) in [7, 11) is 0. The van der Waals surface area contributed by atoms with Crippen LogP contribution in [0.3, 0.4) is 0 Å². The number of aromatic nitrogens is 2. The number of nitrogens with one attached hydrogen (secondary N) is 1. The molecule has 1 N–H and O–H groups in total. The summed E-state index contributed by atoms with van der Waals surface area (Å²) in [6, 6.07) is 17.4. The summed E-state index contributed by atoms with van der Waals surface area (Å²) in [5, 5.41) is 3.05. The first-order valence-corrected chi connectivity index (χ1v) is 7.90. The Balaban J connectivity index is 1.93. The Hall–Kier alpha value is -2.62. The number of nitrogens with zero attached hydrogens (tertiary/aromatic N) is 2. The molecule has 0 unspecified atom stereocenters. The Kier molecular flexibility index (Phi) is 4.15. The summed E-state index contributed by atoms with van der Waals surface area (Å²) in [6.07, 6.45) is 0. The third kappa shape index (κ3) is 2.97. The molecule has 4 nitrogen and oxygen atoms in total. The number of carbonyl (C=O) groups is 1. The van der Waals surface area contributed by atoms with Gasteiger partial charge in [0.25, 0.3) is 5.91 Å². The number of para-hydroxylation sites is 2. The first-order valence-electron chi connectivity index (χ1n) is 7.90. The number of rotatable bonds is 4. The molecule has 0 spiro atoms. The van der Waals surface area contributed by atoms with E-state index in [1.54, 1.807) is 0 Å². The van der Waals surface area contributed by atoms with E-state index < -0.39 is 0 Å². The molecule has 1 atom stereocenters. The van der Waals surface area contributed by atoms with Crippen LogP contribution in [0.2, 0.25) is 0 Å². The highest BCUT2D eigenvalue weighted by Crippen LogP contribution is 2.25. The number of amides is 1. The van der Waals surface area contributed by atoms with Crippen molar-refractivity contribution in [1.29, 1.82) is 0 Å². The minimum atomic E-state index is -0.169. The van der Waals surface area contributed by atoms with Gasteiger partial charge in [-0.2, -0.15) is 0 Å². The number of hydrogen-bond acceptors (Lipinski definition) is 2. The lowest BCUT2D eigenvalue weighted by Crippen LogP contribution is -2.29. The molecule has 2 aromatic carbocycles. The van der Waals surface area contributed by atoms with Crippen LogP contribution in [0.5, 0.6) is 0 Å². The summed E-state index contributed by atoms with van der Waals surface area (Å²) in [4.78, 5) is 17.1. The van der Waals surface area contributed by atoms with E-state index in [0.717, 1.165) is 16.9 Å². The van der Waals surface area contributed by atoms with Gasteiger partial charge < -0.3 is 9.88 Å². The molecule has 0 radical (unpaired) electrons. The smallest absolute Gasteiger partial charge is 0.251 e. The average Bonchev–Trinajstić information content (AvgIpc) is 2.95. The Bertz CT molecular complexity index is 821. The molecule has 0 fully saturated rings. The van der Waals surface area contributed by atoms with E-state index in [9.17, 15) is 4.79 Å². The number of imidazole rings is 1. The molecular formula is C19H21N3O. The molecular weight excluding hydrogens is 286 g/mol. The number of carbonyl (C=O) groups excluding carboxylic acids is 1. The second kappa shape index (κ2) is 6.24. The van der Waals surface area contributed by atoms with Crippen LogP contribution in [0.15, 0.2) is 54.6 Å². The van der Waals surface area contributed by atoms with Gasteiger partial charge in [-0.25, -0.2) is 4.98 Å². The minimum absolute atomic E-state index is 0.0829. The molecule has 0 bridgehead atoms. The van der Waals surface area contributed by atoms with Crippen LogP contribution in [0.25, 0.3) is 11.0 Å². The average molecular weight is 307 g/mol. The maximum atomic E-state index is 12.4. The largest absolute Gasteiger partial charge is 0.342 e. The maximum Gasteiger partial charge on any atom is 0.251 e. The van der Waals surface area contributed by atoms with Crippen LogP contribution in [-0.4, -0.2) is 15.5 Å². The minimum Gasteiger partial charge on any atom is -0.342 e. The van der Waals surface area contributed by atoms with E-state index in [1.807, 2.05) is 55.5 Å². The van der Waals surface area contributed by atoms with E-state index in [0.29, 0.717) is 5.56 Å². The van der Waals surface area contributed by atoms with Crippen LogP contribution < -0.4 is 5.32 Å². The molecule has 3 rings (SSSR count). The summed E-state index contributed by atoms with van der Waals surface area (Å²) < 4.78 is 2.19. The lowest BCUT2D eigenvalue weighted by atomic mass is 10.2. The van der Waals surface area contributed by atoms with E-state index in [2.05, 4.69) is 29.8 Å². The molecule has 0 aliphatic carbocycles. The third-order valence-electron chi connectivity index (χ3n) is 3.91. The predicted molar refractivity (Wildman–Crippen MR) is 92.4 cm³/mol. The van der Waals surface area contributed by atoms with Gasteiger partial charge in [-0.1, -0.05) is 30.3 Å². The molecule has 3 aromatic rings. The summed E-state index contributed by atoms with van der Waals surface area (Å²) in [5.74, 6) is 0.797. The molecule has 1 amide bonds. The van der Waals surface area contributed by atoms with E-state index in [4.69, 9.17) is 4.98 Å². The summed E-state index contributed by atoms with van der Waals surface area (Å²) in [5.41, 5.74) is 2.71. The van der Waals surface area contributed by atoms with E-state index in [-0.39, 0.29) is 18.0 Å². The molecule has 1 aromatic heterocycles. The Morgan fingerprint density at radius 3 is 2.35 bits per heavy atom. The fraction of sp³-hybridized carbons (Fsp3) is 0.263. The van der Waals surface area contributed by atoms with Gasteiger partial charge >= 0.3 is 0 Å². The fourth-order valence-electron chi connectivity index (χ4n) is 2.85. The molecule has 23 heavy (non-hydrogen) atoms. The maximum absolute atomic E-state index is 12.4. The van der Waals surface area contributed by atoms with Gasteiger partial charge in [0.2, 0.25) is 0 Å². The fourth-order valence-corrected chi connectivity index (χ4v) is 2.85. The van der Waals surface area contributed by atoms with Gasteiger partial charge in [0.05, 0.1) is 17.1 Å². The van der Waals surface area contributed by atoms with Gasteiger partial charge in [-0.15, -0.1) is 0 Å². The highest BCUT2D eigenvalue weighted by atomic mass is 16.1. The molecule has 1 heterocycles. The van der Waals surface area contributed by atoms with E-state index >= 15 is 0 Å². The second-order valence-electron chi connectivity index (χ2n) is 5.98. The topological polar surface area (TPSA) is 46.9 Å². The van der Waals surface area contributed by atoms with Crippen molar-refractivity contribution in [1.82, 2.24) is 14.9 Å². The van der Waals surface area contributed by atoms with Crippen molar-refractivity contribution in [3.8, 4) is 0 Å². The number of hydrogen-bond donors (Lipinski definition) is 1. The van der Waals surface area contributed by atoms with Crippen molar-refractivity contribution in [3.63, 3.8) is 0 Å². The second-order valence-corrected chi connectivity index (χ2v) is 5.98. The van der Waals surface area contributed by atoms with Gasteiger partial charge in [0.1, 0.15) is 5.82 Å². The molecule has 0 aliphatic rings.